The van der Waals surface area contributed by atoms with Crippen LogP contribution in [0.5, 0.6) is 0 Å². The van der Waals surface area contributed by atoms with Gasteiger partial charge in [0.15, 0.2) is 0 Å². The quantitative estimate of drug-likeness (QED) is 0.834. The molecule has 0 aliphatic rings. The van der Waals surface area contributed by atoms with E-state index in [2.05, 4.69) is 21.2 Å². The van der Waals surface area contributed by atoms with E-state index in [4.69, 9.17) is 0 Å². The molecule has 2 rings (SSSR count). The van der Waals surface area contributed by atoms with Gasteiger partial charge in [-0.3, -0.25) is 4.79 Å². The van der Waals surface area contributed by atoms with Crippen LogP contribution < -0.4 is 5.32 Å². The Kier molecular flexibility index (Phi) is 5.05. The molecule has 0 aliphatic heterocycles. The molecule has 2 nitrogen and oxygen atoms in total. The second-order valence-electron chi connectivity index (χ2n) is 4.33. The molecule has 7 heteroatoms. The Morgan fingerprint density at radius 3 is 2.67 bits per heavy atom. The third kappa shape index (κ3) is 4.31. The summed E-state index contributed by atoms with van der Waals surface area (Å²) < 4.78 is 38.2. The standard InChI is InChI=1S/C14H11BrF3NOS/c15-12-2-1-10(7-11(12)14(16,17)18)13(20)19-5-3-9-4-6-21-8-9/h1-2,4,6-8H,3,5H2,(H,19,20). The maximum absolute atomic E-state index is 12.8. The van der Waals surface area contributed by atoms with Crippen molar-refractivity contribution in [2.45, 2.75) is 12.6 Å². The van der Waals surface area contributed by atoms with Gasteiger partial charge in [0.25, 0.3) is 5.91 Å². The summed E-state index contributed by atoms with van der Waals surface area (Å²) in [6.45, 7) is 0.382. The van der Waals surface area contributed by atoms with Crippen LogP contribution in [0.25, 0.3) is 0 Å². The number of nitrogens with one attached hydrogen (secondary N) is 1. The first-order chi connectivity index (χ1) is 9.88. The molecule has 1 N–H and O–H groups in total. The van der Waals surface area contributed by atoms with Crippen molar-refractivity contribution in [2.75, 3.05) is 6.54 Å². The molecule has 0 radical (unpaired) electrons. The maximum Gasteiger partial charge on any atom is 0.417 e. The van der Waals surface area contributed by atoms with Gasteiger partial charge >= 0.3 is 6.18 Å². The van der Waals surface area contributed by atoms with Crippen LogP contribution in [0.3, 0.4) is 0 Å². The number of alkyl halides is 3. The highest BCUT2D eigenvalue weighted by molar-refractivity contribution is 9.10. The molecule has 1 aromatic heterocycles. The number of halogens is 4. The number of hydrogen-bond donors (Lipinski definition) is 1. The third-order valence-electron chi connectivity index (χ3n) is 2.81. The van der Waals surface area contributed by atoms with Gasteiger partial charge in [0.1, 0.15) is 0 Å². The zero-order chi connectivity index (χ0) is 15.5. The molecule has 0 atom stereocenters. The van der Waals surface area contributed by atoms with Crippen molar-refractivity contribution in [3.8, 4) is 0 Å². The summed E-state index contributed by atoms with van der Waals surface area (Å²) in [5, 5.41) is 6.52. The van der Waals surface area contributed by atoms with Crippen LogP contribution in [-0.2, 0) is 12.6 Å². The van der Waals surface area contributed by atoms with E-state index >= 15 is 0 Å². The predicted octanol–water partition coefficient (Wildman–Crippen LogP) is 4.50. The van der Waals surface area contributed by atoms with Gasteiger partial charge in [-0.15, -0.1) is 0 Å². The maximum atomic E-state index is 12.8. The summed E-state index contributed by atoms with van der Waals surface area (Å²) >= 11 is 4.40. The molecule has 1 aromatic carbocycles. The first-order valence-corrected chi connectivity index (χ1v) is 7.77. The summed E-state index contributed by atoms with van der Waals surface area (Å²) in [6.07, 6.45) is -3.84. The Bertz CT molecular complexity index is 626. The van der Waals surface area contributed by atoms with Crippen LogP contribution in [-0.4, -0.2) is 12.5 Å². The van der Waals surface area contributed by atoms with Gasteiger partial charge in [0.2, 0.25) is 0 Å². The highest BCUT2D eigenvalue weighted by atomic mass is 79.9. The third-order valence-corrected chi connectivity index (χ3v) is 4.24. The van der Waals surface area contributed by atoms with E-state index in [9.17, 15) is 18.0 Å². The Hall–Kier alpha value is -1.34. The number of rotatable bonds is 4. The first kappa shape index (κ1) is 16.0. The molecule has 2 aromatic rings. The summed E-state index contributed by atoms with van der Waals surface area (Å²) in [5.41, 5.74) is 0.232. The minimum atomic E-state index is -4.49. The predicted molar refractivity (Wildman–Crippen MR) is 79.5 cm³/mol. The van der Waals surface area contributed by atoms with Crippen molar-refractivity contribution in [2.24, 2.45) is 0 Å². The highest BCUT2D eigenvalue weighted by Gasteiger charge is 2.33. The summed E-state index contributed by atoms with van der Waals surface area (Å²) in [5.74, 6) is -0.511. The van der Waals surface area contributed by atoms with Gasteiger partial charge in [-0.05, 0) is 47.0 Å². The summed E-state index contributed by atoms with van der Waals surface area (Å²) in [4.78, 5) is 11.9. The first-order valence-electron chi connectivity index (χ1n) is 6.04. The van der Waals surface area contributed by atoms with Crippen LogP contribution in [0.4, 0.5) is 13.2 Å². The topological polar surface area (TPSA) is 29.1 Å². The number of carbonyl (C=O) groups excluding carboxylic acids is 1. The van der Waals surface area contributed by atoms with E-state index in [0.717, 1.165) is 11.6 Å². The largest absolute Gasteiger partial charge is 0.417 e. The molecular weight excluding hydrogens is 367 g/mol. The lowest BCUT2D eigenvalue weighted by Crippen LogP contribution is -2.26. The fourth-order valence-electron chi connectivity index (χ4n) is 1.74. The zero-order valence-corrected chi connectivity index (χ0v) is 13.1. The number of amides is 1. The molecule has 0 saturated carbocycles. The number of thiophene rings is 1. The normalized spacial score (nSPS) is 11.4. The molecule has 21 heavy (non-hydrogen) atoms. The van der Waals surface area contributed by atoms with Crippen molar-refractivity contribution in [3.05, 3.63) is 56.2 Å². The van der Waals surface area contributed by atoms with Crippen molar-refractivity contribution in [1.29, 1.82) is 0 Å². The van der Waals surface area contributed by atoms with E-state index < -0.39 is 17.6 Å². The van der Waals surface area contributed by atoms with Gasteiger partial charge < -0.3 is 5.32 Å². The molecule has 0 aliphatic carbocycles. The summed E-state index contributed by atoms with van der Waals surface area (Å²) in [6, 6.07) is 5.39. The zero-order valence-electron chi connectivity index (χ0n) is 10.7. The Balaban J connectivity index is 2.02. The van der Waals surface area contributed by atoms with E-state index in [1.807, 2.05) is 16.8 Å². The number of carbonyl (C=O) groups is 1. The fourth-order valence-corrected chi connectivity index (χ4v) is 2.92. The van der Waals surface area contributed by atoms with Gasteiger partial charge in [0.05, 0.1) is 5.56 Å². The molecule has 112 valence electrons. The molecular formula is C14H11BrF3NOS. The van der Waals surface area contributed by atoms with Crippen LogP contribution in [0.2, 0.25) is 0 Å². The number of hydrogen-bond acceptors (Lipinski definition) is 2. The second kappa shape index (κ2) is 6.62. The molecule has 0 bridgehead atoms. The molecule has 0 unspecified atom stereocenters. The van der Waals surface area contributed by atoms with Gasteiger partial charge in [-0.2, -0.15) is 24.5 Å². The number of benzene rings is 1. The van der Waals surface area contributed by atoms with Crippen LogP contribution >= 0.6 is 27.3 Å². The van der Waals surface area contributed by atoms with Crippen molar-refractivity contribution >= 4 is 33.2 Å². The van der Waals surface area contributed by atoms with Crippen LogP contribution in [0, 0.1) is 0 Å². The van der Waals surface area contributed by atoms with Gasteiger partial charge in [-0.1, -0.05) is 15.9 Å². The van der Waals surface area contributed by atoms with Crippen molar-refractivity contribution in [1.82, 2.24) is 5.32 Å². The monoisotopic (exact) mass is 377 g/mol. The minimum Gasteiger partial charge on any atom is -0.352 e. The Morgan fingerprint density at radius 2 is 2.05 bits per heavy atom. The van der Waals surface area contributed by atoms with E-state index in [1.54, 1.807) is 11.3 Å². The SMILES string of the molecule is O=C(NCCc1ccsc1)c1ccc(Br)c(C(F)(F)F)c1. The van der Waals surface area contributed by atoms with E-state index in [1.165, 1.54) is 12.1 Å². The van der Waals surface area contributed by atoms with Crippen LogP contribution in [0.1, 0.15) is 21.5 Å². The Morgan fingerprint density at radius 1 is 1.29 bits per heavy atom. The Labute approximate surface area is 132 Å². The smallest absolute Gasteiger partial charge is 0.352 e. The fraction of sp³-hybridized carbons (Fsp3) is 0.214. The van der Waals surface area contributed by atoms with Crippen LogP contribution in [0.15, 0.2) is 39.5 Å². The van der Waals surface area contributed by atoms with Crippen molar-refractivity contribution in [3.63, 3.8) is 0 Å². The molecule has 0 fully saturated rings. The average Bonchev–Trinajstić information content (AvgIpc) is 2.91. The summed E-state index contributed by atoms with van der Waals surface area (Å²) in [7, 11) is 0. The van der Waals surface area contributed by atoms with E-state index in [0.29, 0.717) is 13.0 Å². The lowest BCUT2D eigenvalue weighted by atomic mass is 10.1. The molecule has 0 saturated heterocycles. The van der Waals surface area contributed by atoms with Crippen molar-refractivity contribution < 1.29 is 18.0 Å². The molecule has 1 heterocycles. The highest BCUT2D eigenvalue weighted by Crippen LogP contribution is 2.35. The van der Waals surface area contributed by atoms with Gasteiger partial charge in [0, 0.05) is 16.6 Å². The average molecular weight is 378 g/mol. The van der Waals surface area contributed by atoms with E-state index in [-0.39, 0.29) is 10.0 Å². The lowest BCUT2D eigenvalue weighted by molar-refractivity contribution is -0.138. The minimum absolute atomic E-state index is 0.00385. The second-order valence-corrected chi connectivity index (χ2v) is 5.96. The van der Waals surface area contributed by atoms with Gasteiger partial charge in [-0.25, -0.2) is 0 Å². The molecule has 1 amide bonds. The lowest BCUT2D eigenvalue weighted by Gasteiger charge is -2.11. The molecule has 0 spiro atoms.